The van der Waals surface area contributed by atoms with Gasteiger partial charge in [-0.15, -0.1) is 11.3 Å². The molecule has 0 bridgehead atoms. The second kappa shape index (κ2) is 7.93. The van der Waals surface area contributed by atoms with Gasteiger partial charge in [0.2, 0.25) is 0 Å². The van der Waals surface area contributed by atoms with Gasteiger partial charge in [0, 0.05) is 41.3 Å². The van der Waals surface area contributed by atoms with Crippen LogP contribution < -0.4 is 0 Å². The number of hydrogen-bond acceptors (Lipinski definition) is 4. The third kappa shape index (κ3) is 3.49. The van der Waals surface area contributed by atoms with Crippen molar-refractivity contribution in [2.45, 2.75) is 0 Å². The standard InChI is InChI=1S/C27H16BrN3S/c28-20-10-6-9-18(15-20)26-29-25(17-7-2-1-3-8-17)30-27(31-26)19-13-14-24-22(16-19)21-11-4-5-12-23(21)32-24/h1-16H. The molecule has 152 valence electrons. The summed E-state index contributed by atoms with van der Waals surface area (Å²) >= 11 is 5.37. The molecule has 0 N–H and O–H groups in total. The van der Waals surface area contributed by atoms with E-state index >= 15 is 0 Å². The van der Waals surface area contributed by atoms with Crippen LogP contribution in [0, 0.1) is 0 Å². The normalized spacial score (nSPS) is 11.3. The molecule has 0 aliphatic carbocycles. The van der Waals surface area contributed by atoms with Crippen LogP contribution in [0.15, 0.2) is 102 Å². The summed E-state index contributed by atoms with van der Waals surface area (Å²) in [6.45, 7) is 0. The van der Waals surface area contributed by atoms with Crippen molar-refractivity contribution in [1.82, 2.24) is 15.0 Å². The molecule has 0 aliphatic rings. The zero-order valence-electron chi connectivity index (χ0n) is 16.9. The van der Waals surface area contributed by atoms with Gasteiger partial charge in [-0.2, -0.15) is 0 Å². The van der Waals surface area contributed by atoms with E-state index in [1.54, 1.807) is 0 Å². The highest BCUT2D eigenvalue weighted by Gasteiger charge is 2.14. The fourth-order valence-electron chi connectivity index (χ4n) is 3.84. The molecule has 4 aromatic carbocycles. The molecule has 0 saturated heterocycles. The van der Waals surface area contributed by atoms with Crippen molar-refractivity contribution in [1.29, 1.82) is 0 Å². The monoisotopic (exact) mass is 493 g/mol. The molecule has 0 unspecified atom stereocenters. The van der Waals surface area contributed by atoms with Crippen molar-refractivity contribution in [2.24, 2.45) is 0 Å². The molecule has 32 heavy (non-hydrogen) atoms. The maximum atomic E-state index is 4.87. The van der Waals surface area contributed by atoms with Crippen molar-refractivity contribution in [3.8, 4) is 34.2 Å². The van der Waals surface area contributed by atoms with Gasteiger partial charge >= 0.3 is 0 Å². The average Bonchev–Trinajstić information content (AvgIpc) is 3.22. The van der Waals surface area contributed by atoms with Gasteiger partial charge in [-0.25, -0.2) is 15.0 Å². The van der Waals surface area contributed by atoms with Crippen molar-refractivity contribution in [3.63, 3.8) is 0 Å². The van der Waals surface area contributed by atoms with Crippen LogP contribution in [-0.4, -0.2) is 15.0 Å². The Labute approximate surface area is 197 Å². The summed E-state index contributed by atoms with van der Waals surface area (Å²) in [4.78, 5) is 14.5. The second-order valence-corrected chi connectivity index (χ2v) is 9.49. The topological polar surface area (TPSA) is 38.7 Å². The molecule has 6 aromatic rings. The van der Waals surface area contributed by atoms with E-state index < -0.39 is 0 Å². The van der Waals surface area contributed by atoms with E-state index in [2.05, 4.69) is 58.4 Å². The van der Waals surface area contributed by atoms with Crippen LogP contribution in [0.4, 0.5) is 0 Å². The van der Waals surface area contributed by atoms with Crippen LogP contribution in [0.5, 0.6) is 0 Å². The highest BCUT2D eigenvalue weighted by Crippen LogP contribution is 2.36. The lowest BCUT2D eigenvalue weighted by atomic mass is 10.1. The van der Waals surface area contributed by atoms with Crippen LogP contribution in [0.1, 0.15) is 0 Å². The largest absolute Gasteiger partial charge is 0.208 e. The zero-order valence-corrected chi connectivity index (χ0v) is 19.3. The van der Waals surface area contributed by atoms with Crippen LogP contribution in [-0.2, 0) is 0 Å². The van der Waals surface area contributed by atoms with Crippen LogP contribution in [0.3, 0.4) is 0 Å². The Kier molecular flexibility index (Phi) is 4.78. The zero-order chi connectivity index (χ0) is 21.5. The summed E-state index contributed by atoms with van der Waals surface area (Å²) in [6.07, 6.45) is 0. The smallest absolute Gasteiger partial charge is 0.164 e. The number of fused-ring (bicyclic) bond motifs is 3. The molecule has 5 heteroatoms. The van der Waals surface area contributed by atoms with Gasteiger partial charge in [0.05, 0.1) is 0 Å². The number of nitrogens with zero attached hydrogens (tertiary/aromatic N) is 3. The molecule has 0 aliphatic heterocycles. The fraction of sp³-hybridized carbons (Fsp3) is 0. The molecule has 0 saturated carbocycles. The lowest BCUT2D eigenvalue weighted by Crippen LogP contribution is -2.00. The number of aromatic nitrogens is 3. The van der Waals surface area contributed by atoms with Crippen molar-refractivity contribution < 1.29 is 0 Å². The van der Waals surface area contributed by atoms with Gasteiger partial charge in [0.25, 0.3) is 0 Å². The number of benzene rings is 4. The molecule has 0 fully saturated rings. The first-order chi connectivity index (χ1) is 15.7. The maximum absolute atomic E-state index is 4.87. The lowest BCUT2D eigenvalue weighted by molar-refractivity contribution is 1.07. The third-order valence-corrected chi connectivity index (χ3v) is 7.03. The molecule has 0 spiro atoms. The van der Waals surface area contributed by atoms with E-state index in [1.165, 1.54) is 20.2 Å². The summed E-state index contributed by atoms with van der Waals surface area (Å²) in [5.41, 5.74) is 2.90. The molecular weight excluding hydrogens is 478 g/mol. The Morgan fingerprint density at radius 1 is 0.500 bits per heavy atom. The summed E-state index contributed by atoms with van der Waals surface area (Å²) in [5, 5.41) is 2.49. The molecular formula is C27H16BrN3S. The average molecular weight is 494 g/mol. The number of thiophene rings is 1. The minimum atomic E-state index is 0.658. The molecule has 3 nitrogen and oxygen atoms in total. The van der Waals surface area contributed by atoms with Crippen LogP contribution in [0.25, 0.3) is 54.3 Å². The fourth-order valence-corrected chi connectivity index (χ4v) is 5.33. The quantitative estimate of drug-likeness (QED) is 0.250. The minimum absolute atomic E-state index is 0.658. The molecule has 2 aromatic heterocycles. The number of rotatable bonds is 3. The molecule has 2 heterocycles. The SMILES string of the molecule is Brc1cccc(-c2nc(-c3ccccc3)nc(-c3ccc4sc5ccccc5c4c3)n2)c1. The Morgan fingerprint density at radius 2 is 1.12 bits per heavy atom. The van der Waals surface area contributed by atoms with E-state index in [-0.39, 0.29) is 0 Å². The van der Waals surface area contributed by atoms with Gasteiger partial charge in [-0.1, -0.05) is 76.6 Å². The van der Waals surface area contributed by atoms with Gasteiger partial charge in [0.1, 0.15) is 0 Å². The Hall–Kier alpha value is -3.41. The Balaban J connectivity index is 1.58. The van der Waals surface area contributed by atoms with E-state index in [0.717, 1.165) is 21.2 Å². The third-order valence-electron chi connectivity index (χ3n) is 5.39. The first-order valence-corrected chi connectivity index (χ1v) is 11.8. The van der Waals surface area contributed by atoms with Gasteiger partial charge in [0.15, 0.2) is 17.5 Å². The van der Waals surface area contributed by atoms with Gasteiger partial charge in [-0.05, 0) is 36.4 Å². The van der Waals surface area contributed by atoms with E-state index in [1.807, 2.05) is 65.9 Å². The van der Waals surface area contributed by atoms with E-state index in [4.69, 9.17) is 15.0 Å². The highest BCUT2D eigenvalue weighted by atomic mass is 79.9. The number of hydrogen-bond donors (Lipinski definition) is 0. The molecule has 0 amide bonds. The van der Waals surface area contributed by atoms with E-state index in [9.17, 15) is 0 Å². The summed E-state index contributed by atoms with van der Waals surface area (Å²) in [5.74, 6) is 2.00. The second-order valence-electron chi connectivity index (χ2n) is 7.49. The summed E-state index contributed by atoms with van der Waals surface area (Å²) in [7, 11) is 0. The predicted molar refractivity (Wildman–Crippen MR) is 137 cm³/mol. The first-order valence-electron chi connectivity index (χ1n) is 10.2. The van der Waals surface area contributed by atoms with E-state index in [0.29, 0.717) is 17.5 Å². The van der Waals surface area contributed by atoms with Crippen LogP contribution >= 0.6 is 27.3 Å². The lowest BCUT2D eigenvalue weighted by Gasteiger charge is -2.09. The minimum Gasteiger partial charge on any atom is -0.208 e. The first kappa shape index (κ1) is 19.3. The van der Waals surface area contributed by atoms with Gasteiger partial charge < -0.3 is 0 Å². The Morgan fingerprint density at radius 3 is 1.91 bits per heavy atom. The number of halogens is 1. The van der Waals surface area contributed by atoms with Crippen molar-refractivity contribution >= 4 is 47.4 Å². The molecule has 0 radical (unpaired) electrons. The van der Waals surface area contributed by atoms with Gasteiger partial charge in [-0.3, -0.25) is 0 Å². The van der Waals surface area contributed by atoms with Crippen molar-refractivity contribution in [3.05, 3.63) is 102 Å². The van der Waals surface area contributed by atoms with Crippen molar-refractivity contribution in [2.75, 3.05) is 0 Å². The summed E-state index contributed by atoms with van der Waals surface area (Å²) < 4.78 is 3.54. The maximum Gasteiger partial charge on any atom is 0.164 e. The Bertz CT molecular complexity index is 1590. The molecule has 6 rings (SSSR count). The summed E-state index contributed by atoms with van der Waals surface area (Å²) in [6, 6.07) is 33.1. The predicted octanol–water partition coefficient (Wildman–Crippen LogP) is 8.00. The molecule has 0 atom stereocenters. The highest BCUT2D eigenvalue weighted by molar-refractivity contribution is 9.10. The van der Waals surface area contributed by atoms with Crippen LogP contribution in [0.2, 0.25) is 0 Å².